The summed E-state index contributed by atoms with van der Waals surface area (Å²) in [5.74, 6) is -0.193. The van der Waals surface area contributed by atoms with Crippen molar-refractivity contribution in [2.75, 3.05) is 0 Å². The molecule has 1 atom stereocenters. The number of aromatic nitrogens is 2. The largest absolute Gasteiger partial charge is 0.304 e. The van der Waals surface area contributed by atoms with Crippen LogP contribution in [0.1, 0.15) is 24.2 Å². The molecule has 0 fully saturated rings. The van der Waals surface area contributed by atoms with Crippen LogP contribution >= 0.6 is 0 Å². The molecule has 1 aromatic heterocycles. The Kier molecular flexibility index (Phi) is 3.88. The van der Waals surface area contributed by atoms with Gasteiger partial charge in [-0.2, -0.15) is 0 Å². The number of hydrogen-bond acceptors (Lipinski definition) is 3. The van der Waals surface area contributed by atoms with Crippen molar-refractivity contribution < 1.29 is 4.39 Å². The summed E-state index contributed by atoms with van der Waals surface area (Å²) in [7, 11) is 0. The lowest BCUT2D eigenvalue weighted by Gasteiger charge is -2.14. The van der Waals surface area contributed by atoms with Crippen molar-refractivity contribution in [2.24, 2.45) is 0 Å². The average molecular weight is 281 g/mol. The van der Waals surface area contributed by atoms with Crippen LogP contribution in [0.4, 0.5) is 4.39 Å². The van der Waals surface area contributed by atoms with Gasteiger partial charge in [0.15, 0.2) is 0 Å². The van der Waals surface area contributed by atoms with Crippen LogP contribution in [0.25, 0.3) is 11.0 Å². The van der Waals surface area contributed by atoms with Gasteiger partial charge < -0.3 is 5.32 Å². The molecule has 0 radical (unpaired) electrons. The molecule has 1 heterocycles. The van der Waals surface area contributed by atoms with Crippen LogP contribution in [0, 0.1) is 5.82 Å². The molecule has 3 rings (SSSR count). The number of fused-ring (bicyclic) bond motifs is 1. The predicted octanol–water partition coefficient (Wildman–Crippen LogP) is 3.62. The maximum Gasteiger partial charge on any atom is 0.127 e. The van der Waals surface area contributed by atoms with Crippen LogP contribution in [0.5, 0.6) is 0 Å². The standard InChI is InChI=1S/C17H16FN3/c1-12(14-6-2-3-7-15(14)18)19-10-13-11-20-16-8-4-5-9-17(16)21-13/h2-9,11-12,19H,10H2,1H3. The van der Waals surface area contributed by atoms with Gasteiger partial charge in [-0.05, 0) is 25.1 Å². The van der Waals surface area contributed by atoms with Gasteiger partial charge in [0.2, 0.25) is 0 Å². The van der Waals surface area contributed by atoms with Gasteiger partial charge in [-0.25, -0.2) is 9.37 Å². The maximum absolute atomic E-state index is 13.7. The van der Waals surface area contributed by atoms with Crippen LogP contribution in [-0.2, 0) is 6.54 Å². The second-order valence-electron chi connectivity index (χ2n) is 4.97. The van der Waals surface area contributed by atoms with E-state index in [2.05, 4.69) is 15.3 Å². The van der Waals surface area contributed by atoms with Gasteiger partial charge in [-0.15, -0.1) is 0 Å². The Balaban J connectivity index is 1.73. The SMILES string of the molecule is CC(NCc1cnc2ccccc2n1)c1ccccc1F. The van der Waals surface area contributed by atoms with Crippen molar-refractivity contribution in [1.82, 2.24) is 15.3 Å². The van der Waals surface area contributed by atoms with Crippen LogP contribution < -0.4 is 5.32 Å². The molecule has 0 aliphatic rings. The first kappa shape index (κ1) is 13.6. The fourth-order valence-corrected chi connectivity index (χ4v) is 2.27. The molecular formula is C17H16FN3. The Morgan fingerprint density at radius 1 is 1.05 bits per heavy atom. The summed E-state index contributed by atoms with van der Waals surface area (Å²) in [6.45, 7) is 2.49. The summed E-state index contributed by atoms with van der Waals surface area (Å²) in [5, 5.41) is 3.28. The van der Waals surface area contributed by atoms with Crippen molar-refractivity contribution in [2.45, 2.75) is 19.5 Å². The fraction of sp³-hybridized carbons (Fsp3) is 0.176. The Bertz CT molecular complexity index is 758. The van der Waals surface area contributed by atoms with Crippen molar-refractivity contribution in [1.29, 1.82) is 0 Å². The highest BCUT2D eigenvalue weighted by Gasteiger charge is 2.10. The maximum atomic E-state index is 13.7. The summed E-state index contributed by atoms with van der Waals surface area (Å²) in [5.41, 5.74) is 3.25. The van der Waals surface area contributed by atoms with Crippen LogP contribution in [0.3, 0.4) is 0 Å². The molecule has 0 saturated heterocycles. The molecule has 1 unspecified atom stereocenters. The summed E-state index contributed by atoms with van der Waals surface area (Å²) in [6, 6.07) is 14.5. The number of nitrogens with zero attached hydrogens (tertiary/aromatic N) is 2. The topological polar surface area (TPSA) is 37.8 Å². The number of para-hydroxylation sites is 2. The lowest BCUT2D eigenvalue weighted by Crippen LogP contribution is -2.19. The van der Waals surface area contributed by atoms with E-state index in [0.717, 1.165) is 16.7 Å². The minimum Gasteiger partial charge on any atom is -0.304 e. The van der Waals surface area contributed by atoms with Crippen molar-refractivity contribution in [3.63, 3.8) is 0 Å². The highest BCUT2D eigenvalue weighted by atomic mass is 19.1. The predicted molar refractivity (Wildman–Crippen MR) is 81.2 cm³/mol. The Morgan fingerprint density at radius 2 is 1.76 bits per heavy atom. The molecule has 1 N–H and O–H groups in total. The van der Waals surface area contributed by atoms with E-state index < -0.39 is 0 Å². The van der Waals surface area contributed by atoms with E-state index >= 15 is 0 Å². The van der Waals surface area contributed by atoms with Gasteiger partial charge in [0, 0.05) is 18.2 Å². The zero-order valence-corrected chi connectivity index (χ0v) is 11.8. The molecule has 21 heavy (non-hydrogen) atoms. The number of halogens is 1. The third-order valence-corrected chi connectivity index (χ3v) is 3.46. The minimum atomic E-state index is -0.193. The van der Waals surface area contributed by atoms with E-state index in [1.54, 1.807) is 18.3 Å². The summed E-state index contributed by atoms with van der Waals surface area (Å²) in [6.07, 6.45) is 1.75. The summed E-state index contributed by atoms with van der Waals surface area (Å²) >= 11 is 0. The number of hydrogen-bond donors (Lipinski definition) is 1. The third kappa shape index (κ3) is 3.06. The lowest BCUT2D eigenvalue weighted by molar-refractivity contribution is 0.524. The number of benzene rings is 2. The first-order valence-electron chi connectivity index (χ1n) is 6.92. The molecule has 0 aliphatic carbocycles. The van der Waals surface area contributed by atoms with Crippen molar-refractivity contribution >= 4 is 11.0 Å². The van der Waals surface area contributed by atoms with Gasteiger partial charge in [0.05, 0.1) is 22.9 Å². The molecule has 0 aliphatic heterocycles. The van der Waals surface area contributed by atoms with E-state index in [1.807, 2.05) is 37.3 Å². The number of rotatable bonds is 4. The highest BCUT2D eigenvalue weighted by molar-refractivity contribution is 5.73. The van der Waals surface area contributed by atoms with Gasteiger partial charge in [0.1, 0.15) is 5.82 Å². The van der Waals surface area contributed by atoms with E-state index in [-0.39, 0.29) is 11.9 Å². The quantitative estimate of drug-likeness (QED) is 0.793. The van der Waals surface area contributed by atoms with E-state index in [9.17, 15) is 4.39 Å². The summed E-state index contributed by atoms with van der Waals surface area (Å²) in [4.78, 5) is 8.92. The van der Waals surface area contributed by atoms with Crippen molar-refractivity contribution in [3.05, 3.63) is 71.8 Å². The van der Waals surface area contributed by atoms with Gasteiger partial charge >= 0.3 is 0 Å². The average Bonchev–Trinajstić information content (AvgIpc) is 2.53. The molecule has 0 spiro atoms. The fourth-order valence-electron chi connectivity index (χ4n) is 2.27. The zero-order chi connectivity index (χ0) is 14.7. The minimum absolute atomic E-state index is 0.0838. The van der Waals surface area contributed by atoms with E-state index in [0.29, 0.717) is 12.1 Å². The molecule has 0 bridgehead atoms. The second kappa shape index (κ2) is 5.97. The molecule has 4 heteroatoms. The zero-order valence-electron chi connectivity index (χ0n) is 11.8. The Hall–Kier alpha value is -2.33. The lowest BCUT2D eigenvalue weighted by atomic mass is 10.1. The number of nitrogens with one attached hydrogen (secondary N) is 1. The first-order chi connectivity index (χ1) is 10.2. The molecule has 3 nitrogen and oxygen atoms in total. The van der Waals surface area contributed by atoms with Gasteiger partial charge in [-0.1, -0.05) is 30.3 Å². The Labute approximate surface area is 122 Å². The normalized spacial score (nSPS) is 12.5. The van der Waals surface area contributed by atoms with Gasteiger partial charge in [0.25, 0.3) is 0 Å². The van der Waals surface area contributed by atoms with Crippen molar-refractivity contribution in [3.8, 4) is 0 Å². The van der Waals surface area contributed by atoms with Crippen LogP contribution in [-0.4, -0.2) is 9.97 Å². The first-order valence-corrected chi connectivity index (χ1v) is 6.92. The Morgan fingerprint density at radius 3 is 2.57 bits per heavy atom. The smallest absolute Gasteiger partial charge is 0.127 e. The van der Waals surface area contributed by atoms with Crippen LogP contribution in [0.15, 0.2) is 54.7 Å². The summed E-state index contributed by atoms with van der Waals surface area (Å²) < 4.78 is 13.7. The van der Waals surface area contributed by atoms with Gasteiger partial charge in [-0.3, -0.25) is 4.98 Å². The molecule has 3 aromatic rings. The molecular weight excluding hydrogens is 265 g/mol. The molecule has 0 saturated carbocycles. The monoisotopic (exact) mass is 281 g/mol. The third-order valence-electron chi connectivity index (χ3n) is 3.46. The molecule has 0 amide bonds. The van der Waals surface area contributed by atoms with E-state index in [1.165, 1.54) is 6.07 Å². The molecule has 2 aromatic carbocycles. The van der Waals surface area contributed by atoms with E-state index in [4.69, 9.17) is 0 Å². The molecule has 106 valence electrons. The van der Waals surface area contributed by atoms with Crippen LogP contribution in [0.2, 0.25) is 0 Å². The second-order valence-corrected chi connectivity index (χ2v) is 4.97. The highest BCUT2D eigenvalue weighted by Crippen LogP contribution is 2.16.